The maximum Gasteiger partial charge on any atom is 0.133 e. The predicted molar refractivity (Wildman–Crippen MR) is 43.3 cm³/mol. The van der Waals surface area contributed by atoms with Crippen LogP contribution in [0.3, 0.4) is 0 Å². The number of hydrogen-bond donors (Lipinski definition) is 1. The number of aromatic hydroxyl groups is 1. The second-order valence-electron chi connectivity index (χ2n) is 2.16. The van der Waals surface area contributed by atoms with E-state index in [4.69, 9.17) is 17.7 Å². The zero-order chi connectivity index (χ0) is 7.56. The molecule has 0 saturated carbocycles. The molecule has 1 N–H and O–H groups in total. The lowest BCUT2D eigenvalue weighted by Gasteiger charge is -1.98. The minimum absolute atomic E-state index is 0.217. The first-order valence-electron chi connectivity index (χ1n) is 3.23. The van der Waals surface area contributed by atoms with E-state index in [1.54, 1.807) is 12.1 Å². The molecule has 0 aliphatic carbocycles. The number of aryl methyl sites for hydroxylation is 1. The second kappa shape index (κ2) is 2.88. The highest BCUT2D eigenvalue weighted by Gasteiger charge is 1.96. The molecule has 53 valence electrons. The minimum Gasteiger partial charge on any atom is -0.506 e. The summed E-state index contributed by atoms with van der Waals surface area (Å²) in [6, 6.07) is 5.40. The highest BCUT2D eigenvalue weighted by Crippen LogP contribution is 2.21. The van der Waals surface area contributed by atoms with Gasteiger partial charge in [0.1, 0.15) is 5.75 Å². The van der Waals surface area contributed by atoms with Crippen LogP contribution in [-0.4, -0.2) is 5.11 Å². The first-order valence-corrected chi connectivity index (χ1v) is 3.63. The topological polar surface area (TPSA) is 20.2 Å². The van der Waals surface area contributed by atoms with Crippen molar-refractivity contribution < 1.29 is 5.11 Å². The molecule has 1 rings (SSSR count). The van der Waals surface area contributed by atoms with Gasteiger partial charge in [-0.2, -0.15) is 0 Å². The molecule has 0 fully saturated rings. The van der Waals surface area contributed by atoms with E-state index in [2.05, 4.69) is 0 Å². The number of phenolic OH excluding ortho intramolecular Hbond substituents is 1. The third-order valence-corrected chi connectivity index (χ3v) is 1.78. The van der Waals surface area contributed by atoms with Crippen molar-refractivity contribution in [2.75, 3.05) is 0 Å². The molecule has 0 bridgehead atoms. The Bertz CT molecular complexity index is 233. The van der Waals surface area contributed by atoms with Gasteiger partial charge in [0.05, 0.1) is 4.90 Å². The standard InChI is InChI=1S/C8H9OS/c1-2-6-3-4-8(10)7(9)5-6/h3-5,9H,2H2,1H3. The van der Waals surface area contributed by atoms with Crippen LogP contribution in [0.4, 0.5) is 0 Å². The summed E-state index contributed by atoms with van der Waals surface area (Å²) in [6.07, 6.45) is 0.934. The zero-order valence-electron chi connectivity index (χ0n) is 5.79. The molecule has 0 aliphatic rings. The van der Waals surface area contributed by atoms with E-state index in [1.807, 2.05) is 13.0 Å². The SMILES string of the molecule is CCc1ccc([S])c(O)c1. The summed E-state index contributed by atoms with van der Waals surface area (Å²) >= 11 is 4.81. The van der Waals surface area contributed by atoms with Crippen molar-refractivity contribution in [3.05, 3.63) is 23.8 Å². The van der Waals surface area contributed by atoms with Gasteiger partial charge in [0.2, 0.25) is 0 Å². The summed E-state index contributed by atoms with van der Waals surface area (Å²) in [5.74, 6) is 0.217. The Balaban J connectivity index is 3.04. The molecule has 10 heavy (non-hydrogen) atoms. The van der Waals surface area contributed by atoms with Crippen LogP contribution in [0.1, 0.15) is 12.5 Å². The average Bonchev–Trinajstić information content (AvgIpc) is 1.95. The van der Waals surface area contributed by atoms with E-state index in [0.717, 1.165) is 12.0 Å². The van der Waals surface area contributed by atoms with Crippen LogP contribution in [0.25, 0.3) is 0 Å². The quantitative estimate of drug-likeness (QED) is 0.657. The first kappa shape index (κ1) is 7.35. The molecule has 0 unspecified atom stereocenters. The molecule has 1 aromatic carbocycles. The van der Waals surface area contributed by atoms with Gasteiger partial charge in [0.15, 0.2) is 0 Å². The molecule has 0 spiro atoms. The molecule has 0 aromatic heterocycles. The second-order valence-corrected chi connectivity index (χ2v) is 2.60. The molecule has 0 amide bonds. The molecule has 1 aromatic rings. The fourth-order valence-electron chi connectivity index (χ4n) is 0.783. The Morgan fingerprint density at radius 3 is 2.70 bits per heavy atom. The van der Waals surface area contributed by atoms with Crippen LogP contribution in [0.2, 0.25) is 0 Å². The van der Waals surface area contributed by atoms with Gasteiger partial charge in [-0.05, 0) is 24.1 Å². The fraction of sp³-hybridized carbons (Fsp3) is 0.250. The van der Waals surface area contributed by atoms with Crippen LogP contribution in [0.15, 0.2) is 23.1 Å². The Kier molecular flexibility index (Phi) is 2.12. The molecule has 1 nitrogen and oxygen atoms in total. The lowest BCUT2D eigenvalue weighted by atomic mass is 10.2. The van der Waals surface area contributed by atoms with E-state index in [1.165, 1.54) is 0 Å². The van der Waals surface area contributed by atoms with E-state index < -0.39 is 0 Å². The largest absolute Gasteiger partial charge is 0.506 e. The minimum atomic E-state index is 0.217. The fourth-order valence-corrected chi connectivity index (χ4v) is 0.910. The summed E-state index contributed by atoms with van der Waals surface area (Å²) in [6.45, 7) is 2.04. The zero-order valence-corrected chi connectivity index (χ0v) is 6.61. The number of benzene rings is 1. The van der Waals surface area contributed by atoms with Gasteiger partial charge in [0, 0.05) is 0 Å². The summed E-state index contributed by atoms with van der Waals surface area (Å²) < 4.78 is 0. The maximum atomic E-state index is 9.13. The molecule has 2 heteroatoms. The van der Waals surface area contributed by atoms with Crippen LogP contribution in [-0.2, 0) is 6.42 Å². The maximum absolute atomic E-state index is 9.13. The Hall–Kier alpha value is -0.760. The summed E-state index contributed by atoms with van der Waals surface area (Å²) in [5.41, 5.74) is 1.12. The molecule has 0 heterocycles. The van der Waals surface area contributed by atoms with Gasteiger partial charge in [-0.1, -0.05) is 25.6 Å². The Labute approximate surface area is 66.1 Å². The van der Waals surface area contributed by atoms with Crippen LogP contribution < -0.4 is 0 Å². The number of phenols is 1. The smallest absolute Gasteiger partial charge is 0.133 e. The number of hydrogen-bond acceptors (Lipinski definition) is 1. The Morgan fingerprint density at radius 1 is 1.50 bits per heavy atom. The van der Waals surface area contributed by atoms with Crippen LogP contribution in [0, 0.1) is 0 Å². The predicted octanol–water partition coefficient (Wildman–Crippen LogP) is 2.51. The van der Waals surface area contributed by atoms with Crippen LogP contribution in [0.5, 0.6) is 5.75 Å². The third-order valence-electron chi connectivity index (χ3n) is 1.43. The van der Waals surface area contributed by atoms with Gasteiger partial charge in [0.25, 0.3) is 0 Å². The molecule has 1 radical (unpaired) electrons. The number of rotatable bonds is 1. The van der Waals surface area contributed by atoms with Crippen molar-refractivity contribution in [2.24, 2.45) is 0 Å². The molecule has 0 saturated heterocycles. The monoisotopic (exact) mass is 153 g/mol. The highest BCUT2D eigenvalue weighted by molar-refractivity contribution is 7.80. The van der Waals surface area contributed by atoms with E-state index >= 15 is 0 Å². The first-order chi connectivity index (χ1) is 4.74. The molecular formula is C8H9OS. The lowest BCUT2D eigenvalue weighted by Crippen LogP contribution is -1.78. The Morgan fingerprint density at radius 2 is 2.20 bits per heavy atom. The van der Waals surface area contributed by atoms with Crippen molar-refractivity contribution in [3.63, 3.8) is 0 Å². The van der Waals surface area contributed by atoms with Crippen molar-refractivity contribution in [2.45, 2.75) is 18.2 Å². The molecule has 0 aliphatic heterocycles. The third kappa shape index (κ3) is 1.39. The molecular weight excluding hydrogens is 144 g/mol. The van der Waals surface area contributed by atoms with Crippen molar-refractivity contribution >= 4 is 12.6 Å². The normalized spacial score (nSPS) is 9.70. The summed E-state index contributed by atoms with van der Waals surface area (Å²) in [5, 5.41) is 9.13. The molecule has 0 atom stereocenters. The van der Waals surface area contributed by atoms with E-state index in [-0.39, 0.29) is 5.75 Å². The van der Waals surface area contributed by atoms with Crippen LogP contribution >= 0.6 is 12.6 Å². The lowest BCUT2D eigenvalue weighted by molar-refractivity contribution is 0.462. The van der Waals surface area contributed by atoms with Crippen molar-refractivity contribution in [3.8, 4) is 5.75 Å². The van der Waals surface area contributed by atoms with E-state index in [0.29, 0.717) is 4.90 Å². The summed E-state index contributed by atoms with van der Waals surface area (Å²) in [4.78, 5) is 0.525. The van der Waals surface area contributed by atoms with Gasteiger partial charge in [-0.15, -0.1) is 0 Å². The summed E-state index contributed by atoms with van der Waals surface area (Å²) in [7, 11) is 0. The van der Waals surface area contributed by atoms with Crippen molar-refractivity contribution in [1.82, 2.24) is 0 Å². The van der Waals surface area contributed by atoms with Gasteiger partial charge < -0.3 is 5.11 Å². The van der Waals surface area contributed by atoms with Gasteiger partial charge in [-0.3, -0.25) is 0 Å². The van der Waals surface area contributed by atoms with E-state index in [9.17, 15) is 0 Å². The average molecular weight is 153 g/mol. The van der Waals surface area contributed by atoms with Crippen molar-refractivity contribution in [1.29, 1.82) is 0 Å². The van der Waals surface area contributed by atoms with Gasteiger partial charge in [-0.25, -0.2) is 0 Å². The van der Waals surface area contributed by atoms with Gasteiger partial charge >= 0.3 is 0 Å². The highest BCUT2D eigenvalue weighted by atomic mass is 32.1.